The number of allylic oxidation sites excluding steroid dienone is 2. The minimum absolute atomic E-state index is 0.203. The molecule has 0 heterocycles. The summed E-state index contributed by atoms with van der Waals surface area (Å²) in [6, 6.07) is 0. The van der Waals surface area contributed by atoms with E-state index >= 15 is 0 Å². The number of aldehydes is 1. The maximum atomic E-state index is 12.5. The molecule has 0 amide bonds. The van der Waals surface area contributed by atoms with E-state index in [-0.39, 0.29) is 11.2 Å². The van der Waals surface area contributed by atoms with Crippen molar-refractivity contribution in [3.8, 4) is 0 Å². The summed E-state index contributed by atoms with van der Waals surface area (Å²) in [6.07, 6.45) is 4.98. The number of hydrogen-bond donors (Lipinski definition) is 1. The van der Waals surface area contributed by atoms with Crippen LogP contribution in [0, 0.1) is 10.8 Å². The molecule has 3 rings (SSSR count). The normalized spacial score (nSPS) is 40.9. The summed E-state index contributed by atoms with van der Waals surface area (Å²) in [7, 11) is 0. The van der Waals surface area contributed by atoms with Gasteiger partial charge in [-0.3, -0.25) is 4.79 Å². The highest BCUT2D eigenvalue weighted by molar-refractivity contribution is 6.09. The van der Waals surface area contributed by atoms with Gasteiger partial charge in [0.2, 0.25) is 0 Å². The molecule has 0 saturated heterocycles. The van der Waals surface area contributed by atoms with Crippen LogP contribution in [0.5, 0.6) is 0 Å². The molecular weight excluding hydrogens is 228 g/mol. The van der Waals surface area contributed by atoms with E-state index in [2.05, 4.69) is 0 Å². The standard InChI is InChI=1S/C15H18O3/c1-9-10-6-13(2,8-16)7-11(10)12(17)14(3,18)15(9)4-5-15/h7-8,18H,4-6H2,1-3H3/t13-,14+/m1/s1. The Kier molecular flexibility index (Phi) is 1.99. The predicted molar refractivity (Wildman–Crippen MR) is 66.9 cm³/mol. The fraction of sp³-hybridized carbons (Fsp3) is 0.600. The van der Waals surface area contributed by atoms with Crippen LogP contribution in [-0.4, -0.2) is 22.8 Å². The first-order valence-electron chi connectivity index (χ1n) is 6.44. The maximum absolute atomic E-state index is 12.5. The highest BCUT2D eigenvalue weighted by Gasteiger charge is 2.65. The van der Waals surface area contributed by atoms with Crippen molar-refractivity contribution in [3.63, 3.8) is 0 Å². The molecule has 3 aliphatic rings. The van der Waals surface area contributed by atoms with Gasteiger partial charge in [0.05, 0.1) is 0 Å². The third-order valence-corrected chi connectivity index (χ3v) is 5.17. The Balaban J connectivity index is 2.22. The van der Waals surface area contributed by atoms with Crippen molar-refractivity contribution in [3.05, 3.63) is 22.8 Å². The van der Waals surface area contributed by atoms with Crippen LogP contribution >= 0.6 is 0 Å². The topological polar surface area (TPSA) is 54.4 Å². The molecule has 0 aliphatic heterocycles. The Labute approximate surface area is 107 Å². The molecule has 0 aromatic heterocycles. The summed E-state index contributed by atoms with van der Waals surface area (Å²) in [4.78, 5) is 23.6. The fourth-order valence-electron chi connectivity index (χ4n) is 3.68. The Morgan fingerprint density at radius 1 is 1.33 bits per heavy atom. The number of fused-ring (bicyclic) bond motifs is 1. The van der Waals surface area contributed by atoms with Crippen molar-refractivity contribution in [1.82, 2.24) is 0 Å². The quantitative estimate of drug-likeness (QED) is 0.719. The Bertz CT molecular complexity index is 532. The zero-order valence-electron chi connectivity index (χ0n) is 11.0. The summed E-state index contributed by atoms with van der Waals surface area (Å²) in [5.41, 5.74) is 0.441. The van der Waals surface area contributed by atoms with E-state index in [1.54, 1.807) is 13.0 Å². The number of carbonyl (C=O) groups is 2. The summed E-state index contributed by atoms with van der Waals surface area (Å²) in [5.74, 6) is -0.203. The second-order valence-electron chi connectivity index (χ2n) is 6.45. The summed E-state index contributed by atoms with van der Waals surface area (Å²) in [6.45, 7) is 5.47. The molecule has 2 atom stereocenters. The van der Waals surface area contributed by atoms with Gasteiger partial charge in [0.25, 0.3) is 0 Å². The van der Waals surface area contributed by atoms with Gasteiger partial charge in [-0.2, -0.15) is 0 Å². The zero-order chi connectivity index (χ0) is 13.3. The molecule has 3 aliphatic carbocycles. The molecule has 1 saturated carbocycles. The van der Waals surface area contributed by atoms with Gasteiger partial charge in [0.1, 0.15) is 11.9 Å². The van der Waals surface area contributed by atoms with E-state index in [1.807, 2.05) is 13.8 Å². The second kappa shape index (κ2) is 3.02. The van der Waals surface area contributed by atoms with Crippen molar-refractivity contribution >= 4 is 12.1 Å². The van der Waals surface area contributed by atoms with Crippen LogP contribution in [0.1, 0.15) is 40.0 Å². The molecule has 3 nitrogen and oxygen atoms in total. The summed E-state index contributed by atoms with van der Waals surface area (Å²) >= 11 is 0. The lowest BCUT2D eigenvalue weighted by molar-refractivity contribution is -0.137. The zero-order valence-corrected chi connectivity index (χ0v) is 11.0. The third kappa shape index (κ3) is 1.13. The van der Waals surface area contributed by atoms with Crippen LogP contribution in [0.25, 0.3) is 0 Å². The molecule has 1 spiro atoms. The van der Waals surface area contributed by atoms with Crippen molar-refractivity contribution in [2.24, 2.45) is 10.8 Å². The first-order valence-corrected chi connectivity index (χ1v) is 6.44. The molecule has 0 unspecified atom stereocenters. The van der Waals surface area contributed by atoms with E-state index in [9.17, 15) is 14.7 Å². The molecule has 1 N–H and O–H groups in total. The molecule has 96 valence electrons. The number of Topliss-reactive ketones (excluding diaryl/α,β-unsaturated/α-hetero) is 1. The number of aliphatic hydroxyl groups is 1. The van der Waals surface area contributed by atoms with Crippen molar-refractivity contribution in [1.29, 1.82) is 0 Å². The van der Waals surface area contributed by atoms with Gasteiger partial charge in [-0.05, 0) is 45.6 Å². The van der Waals surface area contributed by atoms with Gasteiger partial charge < -0.3 is 9.90 Å². The molecule has 0 aromatic rings. The van der Waals surface area contributed by atoms with Crippen LogP contribution in [-0.2, 0) is 9.59 Å². The molecule has 0 radical (unpaired) electrons. The second-order valence-corrected chi connectivity index (χ2v) is 6.45. The average molecular weight is 246 g/mol. The van der Waals surface area contributed by atoms with Crippen LogP contribution in [0.4, 0.5) is 0 Å². The van der Waals surface area contributed by atoms with Crippen LogP contribution in [0.3, 0.4) is 0 Å². The average Bonchev–Trinajstić information content (AvgIpc) is 3.06. The highest BCUT2D eigenvalue weighted by Crippen LogP contribution is 2.65. The molecule has 1 fully saturated rings. The van der Waals surface area contributed by atoms with Crippen LogP contribution < -0.4 is 0 Å². The molecular formula is C15H18O3. The Morgan fingerprint density at radius 2 is 1.94 bits per heavy atom. The first-order chi connectivity index (χ1) is 8.27. The lowest BCUT2D eigenvalue weighted by Crippen LogP contribution is -2.49. The number of hydrogen-bond acceptors (Lipinski definition) is 3. The van der Waals surface area contributed by atoms with Gasteiger partial charge in [-0.1, -0.05) is 11.6 Å². The van der Waals surface area contributed by atoms with Crippen molar-refractivity contribution < 1.29 is 14.7 Å². The molecule has 3 heteroatoms. The highest BCUT2D eigenvalue weighted by atomic mass is 16.3. The van der Waals surface area contributed by atoms with Gasteiger partial charge in [0.15, 0.2) is 5.78 Å². The SMILES string of the molecule is CC1=C2C[C@@](C)(C=O)C=C2C(=O)[C@](C)(O)C12CC2. The van der Waals surface area contributed by atoms with Crippen LogP contribution in [0.2, 0.25) is 0 Å². The number of ketones is 1. The molecule has 0 aromatic carbocycles. The molecule has 0 bridgehead atoms. The van der Waals surface area contributed by atoms with E-state index in [0.29, 0.717) is 12.0 Å². The Hall–Kier alpha value is -1.22. The van der Waals surface area contributed by atoms with Crippen molar-refractivity contribution in [2.75, 3.05) is 0 Å². The number of carbonyl (C=O) groups excluding carboxylic acids is 2. The van der Waals surface area contributed by atoms with E-state index < -0.39 is 11.0 Å². The summed E-state index contributed by atoms with van der Waals surface area (Å²) < 4.78 is 0. The lowest BCUT2D eigenvalue weighted by atomic mass is 9.68. The Morgan fingerprint density at radius 3 is 2.44 bits per heavy atom. The maximum Gasteiger partial charge on any atom is 0.194 e. The molecule has 18 heavy (non-hydrogen) atoms. The first kappa shape index (κ1) is 11.8. The largest absolute Gasteiger partial charge is 0.381 e. The van der Waals surface area contributed by atoms with Gasteiger partial charge >= 0.3 is 0 Å². The third-order valence-electron chi connectivity index (χ3n) is 5.17. The minimum atomic E-state index is -1.31. The van der Waals surface area contributed by atoms with Crippen molar-refractivity contribution in [2.45, 2.75) is 45.6 Å². The fourth-order valence-corrected chi connectivity index (χ4v) is 3.68. The van der Waals surface area contributed by atoms with Gasteiger partial charge in [0, 0.05) is 16.4 Å². The van der Waals surface area contributed by atoms with E-state index in [1.165, 1.54) is 0 Å². The smallest absolute Gasteiger partial charge is 0.194 e. The van der Waals surface area contributed by atoms with Gasteiger partial charge in [-0.15, -0.1) is 0 Å². The minimum Gasteiger partial charge on any atom is -0.381 e. The monoisotopic (exact) mass is 246 g/mol. The lowest BCUT2D eigenvalue weighted by Gasteiger charge is -2.38. The number of rotatable bonds is 1. The predicted octanol–water partition coefficient (Wildman–Crippen LogP) is 1.95. The van der Waals surface area contributed by atoms with Crippen LogP contribution in [0.15, 0.2) is 22.8 Å². The van der Waals surface area contributed by atoms with E-state index in [4.69, 9.17) is 0 Å². The van der Waals surface area contributed by atoms with E-state index in [0.717, 1.165) is 30.3 Å². The summed E-state index contributed by atoms with van der Waals surface area (Å²) in [5, 5.41) is 10.6. The van der Waals surface area contributed by atoms with Gasteiger partial charge in [-0.25, -0.2) is 0 Å².